The molecule has 3 rings (SSSR count). The van der Waals surface area contributed by atoms with Crippen molar-refractivity contribution in [1.82, 2.24) is 9.97 Å². The highest BCUT2D eigenvalue weighted by Crippen LogP contribution is 2.05. The third kappa shape index (κ3) is 4.58. The number of nitrogens with zero attached hydrogens (tertiary/aromatic N) is 1. The first kappa shape index (κ1) is 14.5. The summed E-state index contributed by atoms with van der Waals surface area (Å²) < 4.78 is 0. The zero-order valence-electron chi connectivity index (χ0n) is 11.3. The topological polar surface area (TPSA) is 88.8 Å². The zero-order valence-corrected chi connectivity index (χ0v) is 11.3. The van der Waals surface area contributed by atoms with E-state index in [-0.39, 0.29) is 11.6 Å². The minimum atomic E-state index is -0.302. The minimum absolute atomic E-state index is 0.286. The number of para-hydroxylation sites is 1. The van der Waals surface area contributed by atoms with Crippen molar-refractivity contribution in [3.8, 4) is 0 Å². The van der Waals surface area contributed by atoms with E-state index in [2.05, 4.69) is 9.97 Å². The molecule has 3 N–H and O–H groups in total. The maximum atomic E-state index is 10.7. The van der Waals surface area contributed by atoms with Gasteiger partial charge >= 0.3 is 5.69 Å². The Balaban J connectivity index is 0.000000155. The smallest absolute Gasteiger partial charge is 0.345 e. The van der Waals surface area contributed by atoms with Crippen LogP contribution in [-0.4, -0.2) is 15.9 Å². The second-order valence-corrected chi connectivity index (χ2v) is 4.40. The van der Waals surface area contributed by atoms with E-state index in [4.69, 9.17) is 5.73 Å². The van der Waals surface area contributed by atoms with E-state index in [0.717, 1.165) is 16.5 Å². The number of rotatable bonds is 2. The summed E-state index contributed by atoms with van der Waals surface area (Å²) in [6.07, 6.45) is 1.90. The highest BCUT2D eigenvalue weighted by Gasteiger charge is 1.94. The molecular weight excluding hydrogens is 266 g/mol. The molecule has 0 atom stereocenters. The van der Waals surface area contributed by atoms with Gasteiger partial charge < -0.3 is 10.7 Å². The number of H-pyrrole nitrogens is 1. The van der Waals surface area contributed by atoms with Crippen LogP contribution in [0.15, 0.2) is 65.6 Å². The number of hydrogen-bond acceptors (Lipinski definition) is 3. The number of hydrogen-bond donors (Lipinski definition) is 2. The molecule has 1 aromatic heterocycles. The van der Waals surface area contributed by atoms with Gasteiger partial charge in [0.05, 0.1) is 11.9 Å². The molecule has 0 bridgehead atoms. The molecule has 21 heavy (non-hydrogen) atoms. The van der Waals surface area contributed by atoms with E-state index in [1.165, 1.54) is 0 Å². The summed E-state index contributed by atoms with van der Waals surface area (Å²) in [5.41, 5.74) is 6.48. The van der Waals surface area contributed by atoms with Crippen LogP contribution < -0.4 is 11.4 Å². The molecule has 106 valence electrons. The number of aromatic nitrogens is 2. The Labute approximate surface area is 121 Å². The molecule has 1 heterocycles. The standard InChI is InChI=1S/C8H6N2O.C8H9NO/c11-8-9-5-6-3-1-2-4-7(6)10-8;9-8(10)6-7-4-2-1-3-5-7/h1-5H,(H,9,10,11);1-5H,6H2,(H2,9,10). The summed E-state index contributed by atoms with van der Waals surface area (Å²) in [6.45, 7) is 0. The number of carbonyl (C=O) groups excluding carboxylic acids is 1. The van der Waals surface area contributed by atoms with Crippen LogP contribution in [0.5, 0.6) is 0 Å². The molecule has 0 fully saturated rings. The van der Waals surface area contributed by atoms with Crippen molar-refractivity contribution >= 4 is 16.8 Å². The van der Waals surface area contributed by atoms with E-state index in [0.29, 0.717) is 6.42 Å². The van der Waals surface area contributed by atoms with Gasteiger partial charge in [0.2, 0.25) is 5.91 Å². The normalized spacial score (nSPS) is 9.71. The fourth-order valence-electron chi connectivity index (χ4n) is 1.80. The fraction of sp³-hybridized carbons (Fsp3) is 0.0625. The Morgan fingerprint density at radius 2 is 1.71 bits per heavy atom. The van der Waals surface area contributed by atoms with Crippen molar-refractivity contribution in [1.29, 1.82) is 0 Å². The molecule has 0 saturated heterocycles. The Morgan fingerprint density at radius 1 is 1.05 bits per heavy atom. The summed E-state index contributed by atoms with van der Waals surface area (Å²) in [4.78, 5) is 27.3. The van der Waals surface area contributed by atoms with E-state index in [1.54, 1.807) is 6.20 Å². The molecule has 5 nitrogen and oxygen atoms in total. The summed E-state index contributed by atoms with van der Waals surface area (Å²) >= 11 is 0. The van der Waals surface area contributed by atoms with Crippen LogP contribution in [0, 0.1) is 0 Å². The van der Waals surface area contributed by atoms with Crippen molar-refractivity contribution in [3.63, 3.8) is 0 Å². The summed E-state index contributed by atoms with van der Waals surface area (Å²) in [6, 6.07) is 17.0. The molecular formula is C16H15N3O2. The van der Waals surface area contributed by atoms with E-state index < -0.39 is 0 Å². The number of amides is 1. The largest absolute Gasteiger partial charge is 0.369 e. The second kappa shape index (κ2) is 7.00. The van der Waals surface area contributed by atoms with Crippen molar-refractivity contribution in [2.45, 2.75) is 6.42 Å². The van der Waals surface area contributed by atoms with Gasteiger partial charge in [-0.15, -0.1) is 0 Å². The summed E-state index contributed by atoms with van der Waals surface area (Å²) in [7, 11) is 0. The van der Waals surface area contributed by atoms with Gasteiger partial charge in [-0.05, 0) is 11.6 Å². The summed E-state index contributed by atoms with van der Waals surface area (Å²) in [5, 5.41) is 0.951. The lowest BCUT2D eigenvalue weighted by molar-refractivity contribution is -0.117. The van der Waals surface area contributed by atoms with E-state index in [9.17, 15) is 9.59 Å². The lowest BCUT2D eigenvalue weighted by atomic mass is 10.1. The third-order valence-corrected chi connectivity index (χ3v) is 2.74. The van der Waals surface area contributed by atoms with Crippen molar-refractivity contribution in [2.24, 2.45) is 5.73 Å². The molecule has 3 aromatic rings. The van der Waals surface area contributed by atoms with Crippen molar-refractivity contribution < 1.29 is 4.79 Å². The third-order valence-electron chi connectivity index (χ3n) is 2.74. The molecule has 5 heteroatoms. The first-order valence-electron chi connectivity index (χ1n) is 6.41. The minimum Gasteiger partial charge on any atom is -0.369 e. The lowest BCUT2D eigenvalue weighted by Crippen LogP contribution is -2.13. The SMILES string of the molecule is NC(=O)Cc1ccccc1.O=c1ncc2ccccc2[nH]1. The number of fused-ring (bicyclic) bond motifs is 1. The molecule has 0 saturated carbocycles. The van der Waals surface area contributed by atoms with E-state index in [1.807, 2.05) is 54.6 Å². The zero-order chi connectivity index (χ0) is 15.1. The monoisotopic (exact) mass is 281 g/mol. The Kier molecular flexibility index (Phi) is 4.82. The maximum Gasteiger partial charge on any atom is 0.345 e. The van der Waals surface area contributed by atoms with Gasteiger partial charge in [-0.3, -0.25) is 4.79 Å². The van der Waals surface area contributed by atoms with Crippen LogP contribution >= 0.6 is 0 Å². The molecule has 0 aliphatic heterocycles. The number of carbonyl (C=O) groups is 1. The maximum absolute atomic E-state index is 10.7. The van der Waals surface area contributed by atoms with Crippen molar-refractivity contribution in [3.05, 3.63) is 76.8 Å². The predicted molar refractivity (Wildman–Crippen MR) is 81.7 cm³/mol. The Hall–Kier alpha value is -2.95. The average Bonchev–Trinajstić information content (AvgIpc) is 2.48. The number of nitrogens with two attached hydrogens (primary N) is 1. The van der Waals surface area contributed by atoms with Crippen LogP contribution in [-0.2, 0) is 11.2 Å². The quantitative estimate of drug-likeness (QED) is 0.748. The van der Waals surface area contributed by atoms with Gasteiger partial charge in [-0.25, -0.2) is 9.78 Å². The second-order valence-electron chi connectivity index (χ2n) is 4.40. The van der Waals surface area contributed by atoms with Crippen LogP contribution in [0.1, 0.15) is 5.56 Å². The first-order chi connectivity index (χ1) is 10.1. The van der Waals surface area contributed by atoms with Crippen LogP contribution in [0.3, 0.4) is 0 Å². The van der Waals surface area contributed by atoms with Gasteiger partial charge in [0.25, 0.3) is 0 Å². The van der Waals surface area contributed by atoms with Crippen LogP contribution in [0.25, 0.3) is 10.9 Å². The molecule has 0 radical (unpaired) electrons. The molecule has 0 aliphatic rings. The molecule has 0 aliphatic carbocycles. The van der Waals surface area contributed by atoms with Gasteiger partial charge in [0.1, 0.15) is 0 Å². The Morgan fingerprint density at radius 3 is 2.43 bits per heavy atom. The number of benzene rings is 2. The number of nitrogens with one attached hydrogen (secondary N) is 1. The average molecular weight is 281 g/mol. The fourth-order valence-corrected chi connectivity index (χ4v) is 1.80. The van der Waals surface area contributed by atoms with Crippen LogP contribution in [0.2, 0.25) is 0 Å². The lowest BCUT2D eigenvalue weighted by Gasteiger charge is -1.93. The molecule has 0 unspecified atom stereocenters. The number of aromatic amines is 1. The first-order valence-corrected chi connectivity index (χ1v) is 6.41. The van der Waals surface area contributed by atoms with Crippen LogP contribution in [0.4, 0.5) is 0 Å². The molecule has 2 aromatic carbocycles. The highest BCUT2D eigenvalue weighted by atomic mass is 16.1. The molecule has 0 spiro atoms. The predicted octanol–water partition coefficient (Wildman–Crippen LogP) is 1.64. The van der Waals surface area contributed by atoms with Gasteiger partial charge in [0.15, 0.2) is 0 Å². The highest BCUT2D eigenvalue weighted by molar-refractivity contribution is 5.77. The molecule has 1 amide bonds. The van der Waals surface area contributed by atoms with Gasteiger partial charge in [-0.2, -0.15) is 0 Å². The summed E-state index contributed by atoms with van der Waals surface area (Å²) in [5.74, 6) is -0.286. The Bertz CT molecular complexity index is 782. The van der Waals surface area contributed by atoms with Gasteiger partial charge in [-0.1, -0.05) is 48.5 Å². The number of primary amides is 1. The van der Waals surface area contributed by atoms with Crippen molar-refractivity contribution in [2.75, 3.05) is 0 Å². The van der Waals surface area contributed by atoms with Gasteiger partial charge in [0, 0.05) is 11.6 Å². The van der Waals surface area contributed by atoms with E-state index >= 15 is 0 Å².